The maximum atomic E-state index is 13.9. The van der Waals surface area contributed by atoms with Gasteiger partial charge in [-0.3, -0.25) is 4.79 Å². The first-order chi connectivity index (χ1) is 14.0. The lowest BCUT2D eigenvalue weighted by Gasteiger charge is -2.38. The van der Waals surface area contributed by atoms with Crippen LogP contribution in [0.15, 0.2) is 24.3 Å². The lowest BCUT2D eigenvalue weighted by molar-refractivity contribution is 0.0542. The van der Waals surface area contributed by atoms with E-state index in [0.717, 1.165) is 29.8 Å². The number of amides is 1. The first kappa shape index (κ1) is 19.8. The summed E-state index contributed by atoms with van der Waals surface area (Å²) in [4.78, 5) is 21.6. The number of nitrogens with one attached hydrogen (secondary N) is 2. The normalized spacial score (nSPS) is 18.3. The van der Waals surface area contributed by atoms with E-state index >= 15 is 0 Å². The summed E-state index contributed by atoms with van der Waals surface area (Å²) in [6.07, 6.45) is 2.29. The van der Waals surface area contributed by atoms with E-state index in [0.29, 0.717) is 44.2 Å². The summed E-state index contributed by atoms with van der Waals surface area (Å²) in [5.74, 6) is 1.10. The van der Waals surface area contributed by atoms with E-state index < -0.39 is 0 Å². The summed E-state index contributed by atoms with van der Waals surface area (Å²) in [5, 5.41) is 6.37. The molecule has 2 aliphatic heterocycles. The van der Waals surface area contributed by atoms with E-state index in [4.69, 9.17) is 9.72 Å². The lowest BCUT2D eigenvalue weighted by Crippen LogP contribution is -2.41. The maximum Gasteiger partial charge on any atom is 0.270 e. The van der Waals surface area contributed by atoms with Crippen molar-refractivity contribution in [2.45, 2.75) is 44.4 Å². The van der Waals surface area contributed by atoms with Crippen LogP contribution in [0.25, 0.3) is 0 Å². The van der Waals surface area contributed by atoms with Crippen molar-refractivity contribution in [2.75, 3.05) is 31.6 Å². The van der Waals surface area contributed by atoms with Crippen LogP contribution in [0.2, 0.25) is 0 Å². The number of anilines is 1. The zero-order valence-electron chi connectivity index (χ0n) is 16.9. The maximum absolute atomic E-state index is 13.9. The largest absolute Gasteiger partial charge is 0.381 e. The predicted molar refractivity (Wildman–Crippen MR) is 109 cm³/mol. The first-order valence-corrected chi connectivity index (χ1v) is 10.3. The second kappa shape index (κ2) is 8.06. The molecule has 4 rings (SSSR count). The number of aromatic nitrogens is 2. The summed E-state index contributed by atoms with van der Waals surface area (Å²) in [6.45, 7) is 6.48. The molecule has 3 heterocycles. The van der Waals surface area contributed by atoms with Gasteiger partial charge in [0, 0.05) is 43.2 Å². The fourth-order valence-electron chi connectivity index (χ4n) is 4.12. The van der Waals surface area contributed by atoms with Gasteiger partial charge in [-0.05, 0) is 37.0 Å². The van der Waals surface area contributed by atoms with Crippen LogP contribution in [-0.4, -0.2) is 42.2 Å². The lowest BCUT2D eigenvalue weighted by atomic mass is 9.74. The van der Waals surface area contributed by atoms with Crippen molar-refractivity contribution in [2.24, 2.45) is 0 Å². The highest BCUT2D eigenvalue weighted by molar-refractivity contribution is 5.96. The Morgan fingerprint density at radius 2 is 2.07 bits per heavy atom. The van der Waals surface area contributed by atoms with Crippen LogP contribution in [0.5, 0.6) is 0 Å². The zero-order chi connectivity index (χ0) is 20.4. The van der Waals surface area contributed by atoms with Gasteiger partial charge in [-0.2, -0.15) is 0 Å². The number of carbonyl (C=O) groups excluding carboxylic acids is 1. The number of benzene rings is 1. The van der Waals surface area contributed by atoms with Gasteiger partial charge in [0.15, 0.2) is 0 Å². The third-order valence-electron chi connectivity index (χ3n) is 5.90. The second-order valence-corrected chi connectivity index (χ2v) is 8.17. The minimum Gasteiger partial charge on any atom is -0.381 e. The molecule has 0 atom stereocenters. The van der Waals surface area contributed by atoms with Crippen LogP contribution in [0.3, 0.4) is 0 Å². The van der Waals surface area contributed by atoms with Gasteiger partial charge in [-0.25, -0.2) is 14.4 Å². The number of nitrogens with zero attached hydrogens (tertiary/aromatic N) is 2. The molecule has 0 bridgehead atoms. The molecule has 0 radical (unpaired) electrons. The van der Waals surface area contributed by atoms with Gasteiger partial charge in [0.05, 0.1) is 0 Å². The minimum atomic E-state index is -0.243. The van der Waals surface area contributed by atoms with Gasteiger partial charge in [0.1, 0.15) is 23.2 Å². The van der Waals surface area contributed by atoms with E-state index in [2.05, 4.69) is 15.6 Å². The van der Waals surface area contributed by atoms with Gasteiger partial charge >= 0.3 is 0 Å². The number of halogens is 1. The van der Waals surface area contributed by atoms with Crippen molar-refractivity contribution in [3.8, 4) is 0 Å². The fraction of sp³-hybridized carbons (Fsp3) is 0.500. The molecule has 1 amide bonds. The van der Waals surface area contributed by atoms with Crippen molar-refractivity contribution in [3.05, 3.63) is 52.7 Å². The SMILES string of the molecule is CC(C)c1nc(NCC2(c3cccc(F)c3)CCOCC2)c2c(n1)C(=O)NCC2. The smallest absolute Gasteiger partial charge is 0.270 e. The first-order valence-electron chi connectivity index (χ1n) is 10.3. The number of ether oxygens (including phenoxy) is 1. The quantitative estimate of drug-likeness (QED) is 0.809. The summed E-state index contributed by atoms with van der Waals surface area (Å²) in [6, 6.07) is 6.84. The van der Waals surface area contributed by atoms with Crippen LogP contribution in [0.1, 0.15) is 60.0 Å². The average molecular weight is 398 g/mol. The van der Waals surface area contributed by atoms with E-state index in [9.17, 15) is 9.18 Å². The molecule has 1 aromatic carbocycles. The van der Waals surface area contributed by atoms with E-state index in [1.54, 1.807) is 12.1 Å². The molecule has 29 heavy (non-hydrogen) atoms. The Morgan fingerprint density at radius 3 is 2.79 bits per heavy atom. The van der Waals surface area contributed by atoms with Crippen molar-refractivity contribution >= 4 is 11.7 Å². The molecule has 2 N–H and O–H groups in total. The zero-order valence-corrected chi connectivity index (χ0v) is 16.9. The van der Waals surface area contributed by atoms with Crippen LogP contribution in [0, 0.1) is 5.82 Å². The molecule has 7 heteroatoms. The van der Waals surface area contributed by atoms with Crippen LogP contribution in [0.4, 0.5) is 10.2 Å². The molecule has 154 valence electrons. The van der Waals surface area contributed by atoms with Gasteiger partial charge in [0.25, 0.3) is 5.91 Å². The highest BCUT2D eigenvalue weighted by Gasteiger charge is 2.35. The predicted octanol–water partition coefficient (Wildman–Crippen LogP) is 3.19. The summed E-state index contributed by atoms with van der Waals surface area (Å²) >= 11 is 0. The number of fused-ring (bicyclic) bond motifs is 1. The molecule has 1 aromatic heterocycles. The Morgan fingerprint density at radius 1 is 1.28 bits per heavy atom. The van der Waals surface area contributed by atoms with Crippen LogP contribution < -0.4 is 10.6 Å². The third kappa shape index (κ3) is 3.96. The Bertz CT molecular complexity index is 910. The molecule has 2 aliphatic rings. The Balaban J connectivity index is 1.68. The topological polar surface area (TPSA) is 76.1 Å². The number of hydrogen-bond donors (Lipinski definition) is 2. The van der Waals surface area contributed by atoms with Gasteiger partial charge < -0.3 is 15.4 Å². The Hall–Kier alpha value is -2.54. The Kier molecular flexibility index (Phi) is 5.50. The monoisotopic (exact) mass is 398 g/mol. The highest BCUT2D eigenvalue weighted by Crippen LogP contribution is 2.36. The number of hydrogen-bond acceptors (Lipinski definition) is 5. The summed E-state index contributed by atoms with van der Waals surface area (Å²) in [5.41, 5.74) is 2.05. The van der Waals surface area contributed by atoms with E-state index in [1.165, 1.54) is 6.07 Å². The van der Waals surface area contributed by atoms with Gasteiger partial charge in [-0.1, -0.05) is 26.0 Å². The molecule has 1 fully saturated rings. The minimum absolute atomic E-state index is 0.107. The van der Waals surface area contributed by atoms with Crippen molar-refractivity contribution in [1.29, 1.82) is 0 Å². The third-order valence-corrected chi connectivity index (χ3v) is 5.90. The molecule has 0 unspecified atom stereocenters. The summed E-state index contributed by atoms with van der Waals surface area (Å²) < 4.78 is 19.5. The van der Waals surface area contributed by atoms with Gasteiger partial charge in [-0.15, -0.1) is 0 Å². The Labute approximate surface area is 170 Å². The standard InChI is InChI=1S/C22H27FN4O2/c1-14(2)19-26-18-17(6-9-24-21(18)28)20(27-19)25-13-22(7-10-29-11-8-22)15-4-3-5-16(23)12-15/h3-5,12,14H,6-11,13H2,1-2H3,(H,24,28)(H,25,26,27). The molecule has 0 saturated carbocycles. The number of rotatable bonds is 5. The molecular formula is C22H27FN4O2. The molecule has 6 nitrogen and oxygen atoms in total. The van der Waals surface area contributed by atoms with Crippen molar-refractivity contribution in [3.63, 3.8) is 0 Å². The number of carbonyl (C=O) groups is 1. The molecular weight excluding hydrogens is 371 g/mol. The molecule has 0 aliphatic carbocycles. The van der Waals surface area contributed by atoms with Crippen LogP contribution >= 0.6 is 0 Å². The molecule has 1 saturated heterocycles. The molecule has 2 aromatic rings. The summed E-state index contributed by atoms with van der Waals surface area (Å²) in [7, 11) is 0. The fourth-order valence-corrected chi connectivity index (χ4v) is 4.12. The van der Waals surface area contributed by atoms with Gasteiger partial charge in [0.2, 0.25) is 0 Å². The molecule has 0 spiro atoms. The van der Waals surface area contributed by atoms with Crippen molar-refractivity contribution < 1.29 is 13.9 Å². The van der Waals surface area contributed by atoms with Crippen LogP contribution in [-0.2, 0) is 16.6 Å². The van der Waals surface area contributed by atoms with Crippen molar-refractivity contribution in [1.82, 2.24) is 15.3 Å². The van der Waals surface area contributed by atoms with E-state index in [1.807, 2.05) is 19.9 Å². The second-order valence-electron chi connectivity index (χ2n) is 8.17. The highest BCUT2D eigenvalue weighted by atomic mass is 19.1. The van der Waals surface area contributed by atoms with E-state index in [-0.39, 0.29) is 23.1 Å². The average Bonchev–Trinajstić information content (AvgIpc) is 2.73.